The van der Waals surface area contributed by atoms with Gasteiger partial charge in [0.1, 0.15) is 17.8 Å². The van der Waals surface area contributed by atoms with Crippen molar-refractivity contribution >= 4 is 26.9 Å². The normalized spacial score (nSPS) is 22.3. The number of anilines is 1. The first-order valence-electron chi connectivity index (χ1n) is 9.01. The van der Waals surface area contributed by atoms with Gasteiger partial charge in [-0.2, -0.15) is 0 Å². The molecule has 3 heterocycles. The molecular formula is C17H27N5O2S. The van der Waals surface area contributed by atoms with Crippen LogP contribution in [0.5, 0.6) is 0 Å². The SMILES string of the molecule is CCCCS(=O)(=O)N1CC[C@@H](C)[C@H](CNc2ncnc3[nH]ccc23)C1. The van der Waals surface area contributed by atoms with Crippen LogP contribution in [0.15, 0.2) is 18.6 Å². The minimum atomic E-state index is -3.14. The van der Waals surface area contributed by atoms with E-state index in [1.807, 2.05) is 19.2 Å². The molecular weight excluding hydrogens is 338 g/mol. The molecule has 0 unspecified atom stereocenters. The van der Waals surface area contributed by atoms with E-state index >= 15 is 0 Å². The van der Waals surface area contributed by atoms with Crippen molar-refractivity contribution in [3.8, 4) is 0 Å². The molecule has 8 heteroatoms. The molecule has 2 N–H and O–H groups in total. The van der Waals surface area contributed by atoms with Gasteiger partial charge in [-0.3, -0.25) is 0 Å². The largest absolute Gasteiger partial charge is 0.369 e. The fraction of sp³-hybridized carbons (Fsp3) is 0.647. The third-order valence-corrected chi connectivity index (χ3v) is 7.03. The highest BCUT2D eigenvalue weighted by molar-refractivity contribution is 7.89. The summed E-state index contributed by atoms with van der Waals surface area (Å²) in [6.07, 6.45) is 5.91. The molecule has 2 atom stereocenters. The molecule has 1 aliphatic heterocycles. The highest BCUT2D eigenvalue weighted by Crippen LogP contribution is 2.26. The van der Waals surface area contributed by atoms with Gasteiger partial charge in [-0.1, -0.05) is 20.3 Å². The van der Waals surface area contributed by atoms with Gasteiger partial charge in [-0.15, -0.1) is 0 Å². The van der Waals surface area contributed by atoms with Crippen molar-refractivity contribution < 1.29 is 8.42 Å². The Morgan fingerprint density at radius 2 is 2.24 bits per heavy atom. The molecule has 0 aromatic carbocycles. The van der Waals surface area contributed by atoms with Gasteiger partial charge in [-0.25, -0.2) is 22.7 Å². The van der Waals surface area contributed by atoms with E-state index in [0.29, 0.717) is 25.6 Å². The molecule has 0 amide bonds. The summed E-state index contributed by atoms with van der Waals surface area (Å²) in [6.45, 7) is 6.15. The van der Waals surface area contributed by atoms with Gasteiger partial charge in [0, 0.05) is 25.8 Å². The first-order chi connectivity index (χ1) is 12.0. The van der Waals surface area contributed by atoms with Crippen LogP contribution in [-0.4, -0.2) is 53.1 Å². The first-order valence-corrected chi connectivity index (χ1v) is 10.6. The topological polar surface area (TPSA) is 91.0 Å². The van der Waals surface area contributed by atoms with Crippen LogP contribution >= 0.6 is 0 Å². The van der Waals surface area contributed by atoms with Crippen molar-refractivity contribution in [1.82, 2.24) is 19.3 Å². The van der Waals surface area contributed by atoms with Crippen LogP contribution in [0, 0.1) is 11.8 Å². The third kappa shape index (κ3) is 4.12. The number of fused-ring (bicyclic) bond motifs is 1. The van der Waals surface area contributed by atoms with Gasteiger partial charge in [0.05, 0.1) is 11.1 Å². The quantitative estimate of drug-likeness (QED) is 0.786. The lowest BCUT2D eigenvalue weighted by Gasteiger charge is -2.36. The lowest BCUT2D eigenvalue weighted by atomic mass is 9.88. The van der Waals surface area contributed by atoms with Crippen LogP contribution in [0.1, 0.15) is 33.1 Å². The minimum Gasteiger partial charge on any atom is -0.369 e. The number of H-pyrrole nitrogens is 1. The summed E-state index contributed by atoms with van der Waals surface area (Å²) < 4.78 is 26.7. The number of aromatic nitrogens is 3. The Hall–Kier alpha value is -1.67. The number of nitrogens with zero attached hydrogens (tertiary/aromatic N) is 3. The predicted octanol–water partition coefficient (Wildman–Crippen LogP) is 2.46. The second-order valence-electron chi connectivity index (χ2n) is 6.90. The number of sulfonamides is 1. The number of aromatic amines is 1. The van der Waals surface area contributed by atoms with E-state index in [4.69, 9.17) is 0 Å². The minimum absolute atomic E-state index is 0.258. The van der Waals surface area contributed by atoms with Crippen LogP contribution in [0.3, 0.4) is 0 Å². The average Bonchev–Trinajstić information content (AvgIpc) is 3.08. The maximum Gasteiger partial charge on any atom is 0.214 e. The summed E-state index contributed by atoms with van der Waals surface area (Å²) in [4.78, 5) is 11.6. The van der Waals surface area contributed by atoms with Crippen LogP contribution in [0.25, 0.3) is 11.0 Å². The Morgan fingerprint density at radius 1 is 1.40 bits per heavy atom. The smallest absolute Gasteiger partial charge is 0.214 e. The summed E-state index contributed by atoms with van der Waals surface area (Å²) in [5.74, 6) is 1.81. The van der Waals surface area contributed by atoms with Gasteiger partial charge in [0.2, 0.25) is 10.0 Å². The van der Waals surface area contributed by atoms with E-state index in [1.165, 1.54) is 6.33 Å². The molecule has 1 fully saturated rings. The second-order valence-corrected chi connectivity index (χ2v) is 8.99. The lowest BCUT2D eigenvalue weighted by Crippen LogP contribution is -2.46. The monoisotopic (exact) mass is 365 g/mol. The van der Waals surface area contributed by atoms with Gasteiger partial charge in [0.25, 0.3) is 0 Å². The van der Waals surface area contributed by atoms with Gasteiger partial charge in [0.15, 0.2) is 0 Å². The summed E-state index contributed by atoms with van der Waals surface area (Å²) >= 11 is 0. The standard InChI is InChI=1S/C17H27N5O2S/c1-3-4-9-25(23,24)22-8-6-13(2)14(11-22)10-19-17-15-5-7-18-16(15)20-12-21-17/h5,7,12-14H,3-4,6,8-11H2,1-2H3,(H2,18,19,20,21)/t13-,14-/m1/s1. The van der Waals surface area contributed by atoms with E-state index in [2.05, 4.69) is 27.2 Å². The molecule has 1 saturated heterocycles. The van der Waals surface area contributed by atoms with Crippen molar-refractivity contribution in [2.45, 2.75) is 33.1 Å². The first kappa shape index (κ1) is 18.1. The molecule has 2 aromatic heterocycles. The number of hydrogen-bond acceptors (Lipinski definition) is 5. The van der Waals surface area contributed by atoms with Crippen molar-refractivity contribution in [1.29, 1.82) is 0 Å². The van der Waals surface area contributed by atoms with Crippen LogP contribution < -0.4 is 5.32 Å². The van der Waals surface area contributed by atoms with Crippen LogP contribution in [-0.2, 0) is 10.0 Å². The van der Waals surface area contributed by atoms with Crippen molar-refractivity contribution in [2.24, 2.45) is 11.8 Å². The summed E-state index contributed by atoms with van der Waals surface area (Å²) in [6, 6.07) is 1.95. The van der Waals surface area contributed by atoms with Gasteiger partial charge < -0.3 is 10.3 Å². The van der Waals surface area contributed by atoms with E-state index in [1.54, 1.807) is 4.31 Å². The van der Waals surface area contributed by atoms with E-state index in [-0.39, 0.29) is 11.7 Å². The second kappa shape index (κ2) is 7.70. The van der Waals surface area contributed by atoms with Crippen molar-refractivity contribution in [2.75, 3.05) is 30.7 Å². The van der Waals surface area contributed by atoms with Crippen LogP contribution in [0.2, 0.25) is 0 Å². The molecule has 3 rings (SSSR count). The molecule has 2 aromatic rings. The number of hydrogen-bond donors (Lipinski definition) is 2. The number of unbranched alkanes of at least 4 members (excludes halogenated alkanes) is 1. The maximum atomic E-state index is 12.5. The fourth-order valence-corrected chi connectivity index (χ4v) is 5.05. The Balaban J connectivity index is 1.66. The highest BCUT2D eigenvalue weighted by atomic mass is 32.2. The zero-order valence-electron chi connectivity index (χ0n) is 14.9. The Labute approximate surface area is 149 Å². The summed E-state index contributed by atoms with van der Waals surface area (Å²) in [5, 5.41) is 4.35. The number of nitrogens with one attached hydrogen (secondary N) is 2. The lowest BCUT2D eigenvalue weighted by molar-refractivity contribution is 0.207. The highest BCUT2D eigenvalue weighted by Gasteiger charge is 2.32. The molecule has 138 valence electrons. The van der Waals surface area contributed by atoms with Crippen molar-refractivity contribution in [3.05, 3.63) is 18.6 Å². The summed E-state index contributed by atoms with van der Waals surface area (Å²) in [7, 11) is -3.14. The molecule has 1 aliphatic rings. The molecule has 25 heavy (non-hydrogen) atoms. The predicted molar refractivity (Wildman–Crippen MR) is 99.9 cm³/mol. The van der Waals surface area contributed by atoms with Crippen LogP contribution in [0.4, 0.5) is 5.82 Å². The van der Waals surface area contributed by atoms with Gasteiger partial charge >= 0.3 is 0 Å². The molecule has 0 radical (unpaired) electrons. The van der Waals surface area contributed by atoms with E-state index in [0.717, 1.165) is 36.1 Å². The Kier molecular flexibility index (Phi) is 5.58. The molecule has 0 bridgehead atoms. The molecule has 0 aliphatic carbocycles. The number of piperidine rings is 1. The zero-order valence-corrected chi connectivity index (χ0v) is 15.7. The average molecular weight is 366 g/mol. The Bertz CT molecular complexity index is 804. The van der Waals surface area contributed by atoms with E-state index in [9.17, 15) is 8.42 Å². The molecule has 7 nitrogen and oxygen atoms in total. The van der Waals surface area contributed by atoms with Gasteiger partial charge in [-0.05, 0) is 30.7 Å². The summed E-state index contributed by atoms with van der Waals surface area (Å²) in [5.41, 5.74) is 0.804. The molecule has 0 spiro atoms. The number of rotatable bonds is 7. The molecule has 0 saturated carbocycles. The van der Waals surface area contributed by atoms with Crippen molar-refractivity contribution in [3.63, 3.8) is 0 Å². The fourth-order valence-electron chi connectivity index (χ4n) is 3.33. The third-order valence-electron chi connectivity index (χ3n) is 5.11. The van der Waals surface area contributed by atoms with E-state index < -0.39 is 10.0 Å². The zero-order chi connectivity index (χ0) is 17.9. The Morgan fingerprint density at radius 3 is 3.04 bits per heavy atom. The maximum absolute atomic E-state index is 12.5.